The van der Waals surface area contributed by atoms with Gasteiger partial charge in [0.1, 0.15) is 11.6 Å². The molecule has 1 fully saturated rings. The van der Waals surface area contributed by atoms with Gasteiger partial charge in [-0.3, -0.25) is 0 Å². The molecule has 0 unspecified atom stereocenters. The zero-order valence-corrected chi connectivity index (χ0v) is 16.2. The Balaban J connectivity index is 1.46. The number of benzene rings is 1. The molecule has 1 aliphatic heterocycles. The van der Waals surface area contributed by atoms with Gasteiger partial charge in [-0.05, 0) is 30.5 Å². The predicted molar refractivity (Wildman–Crippen MR) is 107 cm³/mol. The van der Waals surface area contributed by atoms with Crippen LogP contribution >= 0.6 is 0 Å². The molecule has 2 N–H and O–H groups in total. The molecule has 0 atom stereocenters. The topological polar surface area (TPSA) is 66.5 Å². The number of alkyl halides is 2. The number of nitrogens with zero attached hydrogens (tertiary/aromatic N) is 2. The number of ether oxygens (including phenoxy) is 1. The SMILES string of the molecule is O=C(NCc1ccc(N2CCCCCC2)nc1)NCc1ccccc1OC(F)F. The molecule has 3 rings (SSSR count). The predicted octanol–water partition coefficient (Wildman–Crippen LogP) is 4.06. The number of carbonyl (C=O) groups is 1. The Hall–Kier alpha value is -2.90. The van der Waals surface area contributed by atoms with E-state index in [4.69, 9.17) is 0 Å². The van der Waals surface area contributed by atoms with Crippen molar-refractivity contribution in [1.82, 2.24) is 15.6 Å². The average molecular weight is 404 g/mol. The Morgan fingerprint density at radius 1 is 1.03 bits per heavy atom. The maximum Gasteiger partial charge on any atom is 0.387 e. The smallest absolute Gasteiger partial charge is 0.387 e. The number of pyridine rings is 1. The van der Waals surface area contributed by atoms with Crippen LogP contribution in [0.15, 0.2) is 42.6 Å². The standard InChI is InChI=1S/C21H26F2N4O2/c22-20(23)29-18-8-4-3-7-17(18)15-26-21(28)25-14-16-9-10-19(24-13-16)27-11-5-1-2-6-12-27/h3-4,7-10,13,20H,1-2,5-6,11-12,14-15H2,(H2,25,26,28). The summed E-state index contributed by atoms with van der Waals surface area (Å²) < 4.78 is 29.3. The van der Waals surface area contributed by atoms with Gasteiger partial charge >= 0.3 is 12.6 Å². The third-order valence-corrected chi connectivity index (χ3v) is 4.82. The minimum absolute atomic E-state index is 0.0519. The first-order valence-electron chi connectivity index (χ1n) is 9.86. The molecule has 156 valence electrons. The van der Waals surface area contributed by atoms with E-state index in [2.05, 4.69) is 25.3 Å². The molecule has 1 aliphatic rings. The molecule has 0 saturated carbocycles. The zero-order valence-electron chi connectivity index (χ0n) is 16.2. The van der Waals surface area contributed by atoms with Gasteiger partial charge in [0.2, 0.25) is 0 Å². The Morgan fingerprint density at radius 2 is 1.76 bits per heavy atom. The summed E-state index contributed by atoms with van der Waals surface area (Å²) in [5, 5.41) is 5.40. The molecule has 1 saturated heterocycles. The van der Waals surface area contributed by atoms with Gasteiger partial charge in [-0.25, -0.2) is 9.78 Å². The Bertz CT molecular complexity index is 779. The minimum Gasteiger partial charge on any atom is -0.434 e. The largest absolute Gasteiger partial charge is 0.434 e. The molecule has 0 aliphatic carbocycles. The van der Waals surface area contributed by atoms with E-state index in [1.807, 2.05) is 12.1 Å². The fourth-order valence-electron chi connectivity index (χ4n) is 3.29. The molecule has 2 heterocycles. The maximum atomic E-state index is 12.4. The first kappa shape index (κ1) is 20.8. The van der Waals surface area contributed by atoms with Crippen LogP contribution in [0.25, 0.3) is 0 Å². The molecule has 6 nitrogen and oxygen atoms in total. The molecule has 8 heteroatoms. The Labute approximate surface area is 169 Å². The van der Waals surface area contributed by atoms with E-state index in [1.165, 1.54) is 31.7 Å². The second kappa shape index (κ2) is 10.6. The van der Waals surface area contributed by atoms with Crippen LogP contribution in [0, 0.1) is 0 Å². The number of halogens is 2. The summed E-state index contributed by atoms with van der Waals surface area (Å²) in [5.74, 6) is 1.02. The lowest BCUT2D eigenvalue weighted by atomic mass is 10.2. The highest BCUT2D eigenvalue weighted by Crippen LogP contribution is 2.20. The van der Waals surface area contributed by atoms with Gasteiger partial charge < -0.3 is 20.3 Å². The van der Waals surface area contributed by atoms with E-state index in [0.717, 1.165) is 24.5 Å². The number of para-hydroxylation sites is 1. The minimum atomic E-state index is -2.91. The number of urea groups is 1. The quantitative estimate of drug-likeness (QED) is 0.730. The summed E-state index contributed by atoms with van der Waals surface area (Å²) >= 11 is 0. The van der Waals surface area contributed by atoms with Crippen molar-refractivity contribution in [2.75, 3.05) is 18.0 Å². The fourth-order valence-corrected chi connectivity index (χ4v) is 3.29. The fraction of sp³-hybridized carbons (Fsp3) is 0.429. The monoisotopic (exact) mass is 404 g/mol. The lowest BCUT2D eigenvalue weighted by Crippen LogP contribution is -2.34. The van der Waals surface area contributed by atoms with Gasteiger partial charge in [-0.15, -0.1) is 0 Å². The summed E-state index contributed by atoms with van der Waals surface area (Å²) in [4.78, 5) is 18.9. The highest BCUT2D eigenvalue weighted by atomic mass is 19.3. The summed E-state index contributed by atoms with van der Waals surface area (Å²) in [5.41, 5.74) is 1.37. The summed E-state index contributed by atoms with van der Waals surface area (Å²) in [6.07, 6.45) is 6.69. The van der Waals surface area contributed by atoms with Crippen molar-refractivity contribution in [3.63, 3.8) is 0 Å². The van der Waals surface area contributed by atoms with E-state index in [0.29, 0.717) is 12.1 Å². The van der Waals surface area contributed by atoms with Crippen molar-refractivity contribution in [1.29, 1.82) is 0 Å². The highest BCUT2D eigenvalue weighted by molar-refractivity contribution is 5.73. The van der Waals surface area contributed by atoms with E-state index < -0.39 is 12.6 Å². The van der Waals surface area contributed by atoms with Crippen LogP contribution in [0.4, 0.5) is 19.4 Å². The summed E-state index contributed by atoms with van der Waals surface area (Å²) in [6, 6.07) is 9.92. The van der Waals surface area contributed by atoms with Crippen molar-refractivity contribution in [2.45, 2.75) is 45.4 Å². The van der Waals surface area contributed by atoms with E-state index >= 15 is 0 Å². The van der Waals surface area contributed by atoms with Crippen LogP contribution < -0.4 is 20.3 Å². The van der Waals surface area contributed by atoms with Crippen molar-refractivity contribution in [3.8, 4) is 5.75 Å². The molecule has 29 heavy (non-hydrogen) atoms. The normalized spacial score (nSPS) is 14.4. The number of carbonyl (C=O) groups excluding carboxylic acids is 1. The van der Waals surface area contributed by atoms with Crippen LogP contribution in [0.5, 0.6) is 5.75 Å². The van der Waals surface area contributed by atoms with Crippen LogP contribution in [0.3, 0.4) is 0 Å². The third-order valence-electron chi connectivity index (χ3n) is 4.82. The molecule has 2 amide bonds. The van der Waals surface area contributed by atoms with Crippen molar-refractivity contribution in [3.05, 3.63) is 53.7 Å². The zero-order chi connectivity index (χ0) is 20.5. The summed E-state index contributed by atoms with van der Waals surface area (Å²) in [6.45, 7) is -0.433. The van der Waals surface area contributed by atoms with Gasteiger partial charge in [0.05, 0.1) is 0 Å². The van der Waals surface area contributed by atoms with Gasteiger partial charge in [-0.1, -0.05) is 37.1 Å². The molecule has 0 bridgehead atoms. The molecular weight excluding hydrogens is 378 g/mol. The van der Waals surface area contributed by atoms with Crippen LogP contribution in [0.1, 0.15) is 36.8 Å². The van der Waals surface area contributed by atoms with E-state index in [9.17, 15) is 13.6 Å². The van der Waals surface area contributed by atoms with E-state index in [1.54, 1.807) is 24.4 Å². The number of aromatic nitrogens is 1. The average Bonchev–Trinajstić information content (AvgIpc) is 3.01. The van der Waals surface area contributed by atoms with Crippen molar-refractivity contribution >= 4 is 11.8 Å². The lowest BCUT2D eigenvalue weighted by molar-refractivity contribution is -0.0504. The molecule has 0 spiro atoms. The molecule has 2 aromatic rings. The number of nitrogens with one attached hydrogen (secondary N) is 2. The van der Waals surface area contributed by atoms with Crippen molar-refractivity contribution in [2.24, 2.45) is 0 Å². The number of hydrogen-bond acceptors (Lipinski definition) is 4. The van der Waals surface area contributed by atoms with Crippen LogP contribution in [-0.4, -0.2) is 30.7 Å². The highest BCUT2D eigenvalue weighted by Gasteiger charge is 2.12. The Morgan fingerprint density at radius 3 is 2.45 bits per heavy atom. The van der Waals surface area contributed by atoms with Gasteiger partial charge in [0, 0.05) is 37.9 Å². The Kier molecular flexibility index (Phi) is 7.61. The second-order valence-electron chi connectivity index (χ2n) is 6.95. The molecule has 0 radical (unpaired) electrons. The van der Waals surface area contributed by atoms with Gasteiger partial charge in [0.25, 0.3) is 0 Å². The van der Waals surface area contributed by atoms with Crippen LogP contribution in [0.2, 0.25) is 0 Å². The summed E-state index contributed by atoms with van der Waals surface area (Å²) in [7, 11) is 0. The van der Waals surface area contributed by atoms with Gasteiger partial charge in [-0.2, -0.15) is 8.78 Å². The van der Waals surface area contributed by atoms with Crippen molar-refractivity contribution < 1.29 is 18.3 Å². The number of rotatable bonds is 7. The molecule has 1 aromatic carbocycles. The third kappa shape index (κ3) is 6.58. The molecule has 1 aromatic heterocycles. The number of hydrogen-bond donors (Lipinski definition) is 2. The van der Waals surface area contributed by atoms with Gasteiger partial charge in [0.15, 0.2) is 0 Å². The molecular formula is C21H26F2N4O2. The first-order valence-corrected chi connectivity index (χ1v) is 9.86. The number of anilines is 1. The second-order valence-corrected chi connectivity index (χ2v) is 6.95. The first-order chi connectivity index (χ1) is 14.1. The maximum absolute atomic E-state index is 12.4. The lowest BCUT2D eigenvalue weighted by Gasteiger charge is -2.21. The number of amides is 2. The van der Waals surface area contributed by atoms with E-state index in [-0.39, 0.29) is 12.3 Å². The van der Waals surface area contributed by atoms with Crippen LogP contribution in [-0.2, 0) is 13.1 Å².